The van der Waals surface area contributed by atoms with Crippen LogP contribution in [0, 0.1) is 0 Å². The van der Waals surface area contributed by atoms with Gasteiger partial charge in [-0.2, -0.15) is 4.99 Å². The highest BCUT2D eigenvalue weighted by Crippen LogP contribution is 2.15. The molecule has 1 aromatic rings. The topological polar surface area (TPSA) is 58.5 Å². The number of nitrogens with one attached hydrogen (secondary N) is 1. The van der Waals surface area contributed by atoms with Crippen LogP contribution in [-0.4, -0.2) is 20.1 Å². The molecule has 0 saturated heterocycles. The Labute approximate surface area is 100 Å². The highest BCUT2D eigenvalue weighted by Gasteiger charge is 2.11. The molecule has 0 aliphatic heterocycles. The number of aliphatic imine (C=N–C) groups is 1. The fourth-order valence-electron chi connectivity index (χ4n) is 1.07. The number of rotatable bonds is 5. The maximum absolute atomic E-state index is 11.7. The number of sulfonamides is 1. The number of hydrogen-bond acceptors (Lipinski definition) is 4. The smallest absolute Gasteiger partial charge is 0.211 e. The molecule has 1 N–H and O–H groups in total. The minimum atomic E-state index is -3.39. The SMILES string of the molecule is CCCNS(=O)(=O)c1ccc(N=C=S)cc1. The Hall–Kier alpha value is -1.07. The fourth-order valence-corrected chi connectivity index (χ4v) is 2.31. The van der Waals surface area contributed by atoms with E-state index in [1.807, 2.05) is 6.92 Å². The molecule has 1 aromatic carbocycles. The van der Waals surface area contributed by atoms with E-state index < -0.39 is 10.0 Å². The molecule has 6 heteroatoms. The zero-order valence-corrected chi connectivity index (χ0v) is 10.4. The molecule has 0 aliphatic carbocycles. The van der Waals surface area contributed by atoms with Gasteiger partial charge in [-0.25, -0.2) is 13.1 Å². The summed E-state index contributed by atoms with van der Waals surface area (Å²) in [5.74, 6) is 0. The van der Waals surface area contributed by atoms with Gasteiger partial charge < -0.3 is 0 Å². The van der Waals surface area contributed by atoms with Crippen LogP contribution in [0.3, 0.4) is 0 Å². The van der Waals surface area contributed by atoms with Crippen LogP contribution in [0.4, 0.5) is 5.69 Å². The largest absolute Gasteiger partial charge is 0.240 e. The van der Waals surface area contributed by atoms with Crippen molar-refractivity contribution in [1.29, 1.82) is 0 Å². The van der Waals surface area contributed by atoms with Gasteiger partial charge in [-0.3, -0.25) is 0 Å². The fraction of sp³-hybridized carbons (Fsp3) is 0.300. The molecule has 0 unspecified atom stereocenters. The lowest BCUT2D eigenvalue weighted by molar-refractivity contribution is 0.581. The normalized spacial score (nSPS) is 10.8. The van der Waals surface area contributed by atoms with Gasteiger partial charge in [0, 0.05) is 6.54 Å². The summed E-state index contributed by atoms with van der Waals surface area (Å²) < 4.78 is 25.8. The van der Waals surface area contributed by atoms with E-state index in [0.29, 0.717) is 12.2 Å². The maximum Gasteiger partial charge on any atom is 0.240 e. The molecule has 0 amide bonds. The molecule has 4 nitrogen and oxygen atoms in total. The van der Waals surface area contributed by atoms with E-state index in [0.717, 1.165) is 6.42 Å². The third-order valence-electron chi connectivity index (χ3n) is 1.86. The third kappa shape index (κ3) is 3.50. The molecule has 16 heavy (non-hydrogen) atoms. The first-order chi connectivity index (χ1) is 7.60. The van der Waals surface area contributed by atoms with Crippen LogP contribution in [-0.2, 0) is 10.0 Å². The van der Waals surface area contributed by atoms with Crippen molar-refractivity contribution in [3.8, 4) is 0 Å². The van der Waals surface area contributed by atoms with Crippen molar-refractivity contribution in [2.45, 2.75) is 18.2 Å². The van der Waals surface area contributed by atoms with Crippen LogP contribution in [0.5, 0.6) is 0 Å². The molecule has 0 atom stereocenters. The summed E-state index contributed by atoms with van der Waals surface area (Å²) in [5.41, 5.74) is 0.587. The van der Waals surface area contributed by atoms with Gasteiger partial charge in [0.1, 0.15) is 0 Å². The van der Waals surface area contributed by atoms with Crippen LogP contribution in [0.1, 0.15) is 13.3 Å². The quantitative estimate of drug-likeness (QED) is 0.648. The molecular weight excluding hydrogens is 244 g/mol. The molecule has 1 rings (SSSR count). The van der Waals surface area contributed by atoms with Crippen molar-refractivity contribution in [2.24, 2.45) is 4.99 Å². The van der Waals surface area contributed by atoms with Crippen molar-refractivity contribution >= 4 is 33.1 Å². The molecule has 0 radical (unpaired) electrons. The second kappa shape index (κ2) is 5.86. The average Bonchev–Trinajstić information content (AvgIpc) is 2.28. The second-order valence-electron chi connectivity index (χ2n) is 3.09. The minimum absolute atomic E-state index is 0.226. The third-order valence-corrected chi connectivity index (χ3v) is 3.43. The average molecular weight is 256 g/mol. The Morgan fingerprint density at radius 1 is 1.38 bits per heavy atom. The summed E-state index contributed by atoms with van der Waals surface area (Å²) in [4.78, 5) is 3.97. The van der Waals surface area contributed by atoms with Gasteiger partial charge >= 0.3 is 0 Å². The van der Waals surface area contributed by atoms with E-state index in [-0.39, 0.29) is 4.90 Å². The van der Waals surface area contributed by atoms with Gasteiger partial charge in [0.15, 0.2) is 0 Å². The van der Waals surface area contributed by atoms with Crippen molar-refractivity contribution in [3.05, 3.63) is 24.3 Å². The van der Waals surface area contributed by atoms with Crippen LogP contribution >= 0.6 is 12.2 Å². The molecule has 0 spiro atoms. The molecular formula is C10H12N2O2S2. The van der Waals surface area contributed by atoms with E-state index in [9.17, 15) is 8.42 Å². The van der Waals surface area contributed by atoms with Crippen molar-refractivity contribution in [1.82, 2.24) is 4.72 Å². The van der Waals surface area contributed by atoms with Gasteiger partial charge in [-0.1, -0.05) is 6.92 Å². The number of benzene rings is 1. The van der Waals surface area contributed by atoms with Crippen LogP contribution < -0.4 is 4.72 Å². The number of hydrogen-bond donors (Lipinski definition) is 1. The summed E-state index contributed by atoms with van der Waals surface area (Å²) in [5, 5.41) is 2.22. The number of nitrogens with zero attached hydrogens (tertiary/aromatic N) is 1. The van der Waals surface area contributed by atoms with Crippen molar-refractivity contribution in [3.63, 3.8) is 0 Å². The van der Waals surface area contributed by atoms with E-state index in [2.05, 4.69) is 27.1 Å². The Kier molecular flexibility index (Phi) is 4.76. The lowest BCUT2D eigenvalue weighted by Crippen LogP contribution is -2.24. The van der Waals surface area contributed by atoms with Crippen LogP contribution in [0.2, 0.25) is 0 Å². The summed E-state index contributed by atoms with van der Waals surface area (Å²) in [7, 11) is -3.39. The molecule has 0 aliphatic rings. The molecule has 0 heterocycles. The lowest BCUT2D eigenvalue weighted by atomic mass is 10.3. The monoisotopic (exact) mass is 256 g/mol. The van der Waals surface area contributed by atoms with Gasteiger partial charge in [-0.05, 0) is 42.9 Å². The van der Waals surface area contributed by atoms with E-state index >= 15 is 0 Å². The minimum Gasteiger partial charge on any atom is -0.211 e. The predicted octanol–water partition coefficient (Wildman–Crippen LogP) is 2.11. The summed E-state index contributed by atoms with van der Waals surface area (Å²) >= 11 is 4.45. The zero-order chi connectivity index (χ0) is 12.0. The van der Waals surface area contributed by atoms with E-state index in [1.165, 1.54) is 12.1 Å². The van der Waals surface area contributed by atoms with Gasteiger partial charge in [0.05, 0.1) is 15.7 Å². The summed E-state index contributed by atoms with van der Waals surface area (Å²) in [6.07, 6.45) is 0.756. The zero-order valence-electron chi connectivity index (χ0n) is 8.80. The first-order valence-electron chi connectivity index (χ1n) is 4.77. The molecule has 86 valence electrons. The Morgan fingerprint density at radius 2 is 2.00 bits per heavy atom. The highest BCUT2D eigenvalue weighted by atomic mass is 32.2. The predicted molar refractivity (Wildman–Crippen MR) is 66.6 cm³/mol. The Morgan fingerprint density at radius 3 is 2.50 bits per heavy atom. The highest BCUT2D eigenvalue weighted by molar-refractivity contribution is 7.89. The second-order valence-corrected chi connectivity index (χ2v) is 5.04. The van der Waals surface area contributed by atoms with Gasteiger partial charge in [0.25, 0.3) is 0 Å². The van der Waals surface area contributed by atoms with Crippen LogP contribution in [0.15, 0.2) is 34.2 Å². The van der Waals surface area contributed by atoms with Crippen molar-refractivity contribution in [2.75, 3.05) is 6.54 Å². The molecule has 0 aromatic heterocycles. The van der Waals surface area contributed by atoms with Crippen LogP contribution in [0.25, 0.3) is 0 Å². The first kappa shape index (κ1) is 13.0. The summed E-state index contributed by atoms with van der Waals surface area (Å²) in [6, 6.07) is 6.15. The molecule has 0 fully saturated rings. The van der Waals surface area contributed by atoms with Crippen molar-refractivity contribution < 1.29 is 8.42 Å². The summed E-state index contributed by atoms with van der Waals surface area (Å²) in [6.45, 7) is 2.34. The maximum atomic E-state index is 11.7. The number of thiocarbonyl (C=S) groups is 1. The Bertz CT molecular complexity index is 488. The number of isothiocyanates is 1. The van der Waals surface area contributed by atoms with Gasteiger partial charge in [0.2, 0.25) is 10.0 Å². The van der Waals surface area contributed by atoms with Gasteiger partial charge in [-0.15, -0.1) is 0 Å². The first-order valence-corrected chi connectivity index (χ1v) is 6.67. The standard InChI is InChI=1S/C10H12N2O2S2/c1-2-7-12-16(13,14)10-5-3-9(4-6-10)11-8-15/h3-6,12H,2,7H2,1H3. The molecule has 0 bridgehead atoms. The Balaban J connectivity index is 2.92. The lowest BCUT2D eigenvalue weighted by Gasteiger charge is -2.04. The van der Waals surface area contributed by atoms with E-state index in [1.54, 1.807) is 12.1 Å². The van der Waals surface area contributed by atoms with E-state index in [4.69, 9.17) is 0 Å². The molecule has 0 saturated carbocycles.